The molecule has 1 aliphatic heterocycles. The van der Waals surface area contributed by atoms with Crippen LogP contribution in [-0.2, 0) is 24.3 Å². The van der Waals surface area contributed by atoms with E-state index < -0.39 is 28.5 Å². The van der Waals surface area contributed by atoms with Crippen LogP contribution in [0.1, 0.15) is 21.8 Å². The van der Waals surface area contributed by atoms with Crippen molar-refractivity contribution in [3.05, 3.63) is 35.2 Å². The summed E-state index contributed by atoms with van der Waals surface area (Å²) in [6.45, 7) is 3.67. The molecule has 11 nitrogen and oxygen atoms in total. The van der Waals surface area contributed by atoms with Gasteiger partial charge in [-0.1, -0.05) is 5.16 Å². The Morgan fingerprint density at radius 3 is 2.55 bits per heavy atom. The van der Waals surface area contributed by atoms with Crippen molar-refractivity contribution in [2.45, 2.75) is 18.7 Å². The fourth-order valence-corrected chi connectivity index (χ4v) is 4.48. The summed E-state index contributed by atoms with van der Waals surface area (Å²) in [4.78, 5) is 24.5. The van der Waals surface area contributed by atoms with Gasteiger partial charge in [-0.25, -0.2) is 13.2 Å². The molecular formula is C19H23N3O8S. The number of esters is 1. The Kier molecular flexibility index (Phi) is 6.93. The quantitative estimate of drug-likeness (QED) is 0.611. The van der Waals surface area contributed by atoms with E-state index in [1.54, 1.807) is 13.8 Å². The number of anilines is 1. The van der Waals surface area contributed by atoms with E-state index >= 15 is 0 Å². The van der Waals surface area contributed by atoms with Crippen molar-refractivity contribution >= 4 is 27.6 Å². The number of methoxy groups -OCH3 is 1. The first-order valence-corrected chi connectivity index (χ1v) is 10.8. The van der Waals surface area contributed by atoms with Gasteiger partial charge < -0.3 is 24.1 Å². The first-order chi connectivity index (χ1) is 14.7. The average molecular weight is 453 g/mol. The van der Waals surface area contributed by atoms with Crippen LogP contribution < -0.4 is 10.1 Å². The van der Waals surface area contributed by atoms with Crippen LogP contribution in [0.2, 0.25) is 0 Å². The molecule has 0 aliphatic carbocycles. The van der Waals surface area contributed by atoms with Crippen LogP contribution in [0.15, 0.2) is 27.6 Å². The first kappa shape index (κ1) is 22.7. The van der Waals surface area contributed by atoms with E-state index in [9.17, 15) is 18.0 Å². The molecule has 1 saturated heterocycles. The Morgan fingerprint density at radius 1 is 1.23 bits per heavy atom. The molecule has 3 rings (SSSR count). The largest absolute Gasteiger partial charge is 0.495 e. The minimum atomic E-state index is -3.77. The number of nitrogens with one attached hydrogen (secondary N) is 1. The zero-order valence-electron chi connectivity index (χ0n) is 17.3. The SMILES string of the molecule is COc1ccc(S(=O)(=O)N2CCOCC2)cc1NC(=O)COC(=O)c1c(C)noc1C. The second kappa shape index (κ2) is 9.45. The normalized spacial score (nSPS) is 14.8. The third-order valence-corrected chi connectivity index (χ3v) is 6.52. The van der Waals surface area contributed by atoms with Crippen LogP contribution in [0.4, 0.5) is 5.69 Å². The summed E-state index contributed by atoms with van der Waals surface area (Å²) in [5, 5.41) is 6.18. The Morgan fingerprint density at radius 2 is 1.94 bits per heavy atom. The van der Waals surface area contributed by atoms with Gasteiger partial charge in [-0.3, -0.25) is 4.79 Å². The van der Waals surface area contributed by atoms with E-state index in [0.29, 0.717) is 18.9 Å². The number of carbonyl (C=O) groups is 2. The van der Waals surface area contributed by atoms with Crippen molar-refractivity contribution in [3.63, 3.8) is 0 Å². The van der Waals surface area contributed by atoms with Crippen LogP contribution in [0, 0.1) is 13.8 Å². The van der Waals surface area contributed by atoms with Gasteiger partial charge in [0, 0.05) is 13.1 Å². The maximum atomic E-state index is 12.9. The van der Waals surface area contributed by atoms with Gasteiger partial charge in [-0.15, -0.1) is 0 Å². The molecule has 1 aromatic carbocycles. The van der Waals surface area contributed by atoms with Crippen molar-refractivity contribution in [2.75, 3.05) is 45.3 Å². The predicted octanol–water partition coefficient (Wildman–Crippen LogP) is 1.12. The van der Waals surface area contributed by atoms with Crippen LogP contribution in [0.3, 0.4) is 0 Å². The molecule has 0 saturated carbocycles. The van der Waals surface area contributed by atoms with Crippen LogP contribution in [0.5, 0.6) is 5.75 Å². The number of amides is 1. The summed E-state index contributed by atoms with van der Waals surface area (Å²) >= 11 is 0. The van der Waals surface area contributed by atoms with Crippen molar-refractivity contribution in [1.29, 1.82) is 0 Å². The summed E-state index contributed by atoms with van der Waals surface area (Å²) < 4.78 is 47.4. The monoisotopic (exact) mass is 453 g/mol. The van der Waals surface area contributed by atoms with Gasteiger partial charge >= 0.3 is 5.97 Å². The van der Waals surface area contributed by atoms with Crippen molar-refractivity contribution in [3.8, 4) is 5.75 Å². The molecule has 0 bridgehead atoms. The Balaban J connectivity index is 1.72. The van der Waals surface area contributed by atoms with Gasteiger partial charge in [-0.05, 0) is 32.0 Å². The lowest BCUT2D eigenvalue weighted by molar-refractivity contribution is -0.119. The van der Waals surface area contributed by atoms with Crippen molar-refractivity contribution in [1.82, 2.24) is 9.46 Å². The molecule has 2 heterocycles. The number of nitrogens with zero attached hydrogens (tertiary/aromatic N) is 2. The van der Waals surface area contributed by atoms with Crippen molar-refractivity contribution < 1.29 is 36.7 Å². The summed E-state index contributed by atoms with van der Waals surface area (Å²) in [6, 6.07) is 4.15. The second-order valence-corrected chi connectivity index (χ2v) is 8.64. The van der Waals surface area contributed by atoms with Gasteiger partial charge in [0.2, 0.25) is 10.0 Å². The van der Waals surface area contributed by atoms with E-state index in [-0.39, 0.29) is 40.7 Å². The molecule has 0 atom stereocenters. The maximum absolute atomic E-state index is 12.9. The highest BCUT2D eigenvalue weighted by atomic mass is 32.2. The van der Waals surface area contributed by atoms with Gasteiger partial charge in [0.15, 0.2) is 6.61 Å². The topological polar surface area (TPSA) is 137 Å². The summed E-state index contributed by atoms with van der Waals surface area (Å²) in [5.74, 6) is -0.877. The van der Waals surface area contributed by atoms with E-state index in [4.69, 9.17) is 18.7 Å². The predicted molar refractivity (Wildman–Crippen MR) is 107 cm³/mol. The number of morpholine rings is 1. The minimum Gasteiger partial charge on any atom is -0.495 e. The fraction of sp³-hybridized carbons (Fsp3) is 0.421. The fourth-order valence-electron chi connectivity index (χ4n) is 3.05. The standard InChI is InChI=1S/C19H23N3O8S/c1-12-18(13(2)30-21-12)19(24)29-11-17(23)20-15-10-14(4-5-16(15)27-3)31(25,26)22-6-8-28-9-7-22/h4-5,10H,6-9,11H2,1-3H3,(H,20,23). The molecule has 1 aromatic heterocycles. The number of benzene rings is 1. The van der Waals surface area contributed by atoms with Gasteiger partial charge in [0.05, 0.1) is 36.6 Å². The highest BCUT2D eigenvalue weighted by Crippen LogP contribution is 2.29. The molecule has 0 spiro atoms. The maximum Gasteiger partial charge on any atom is 0.344 e. The Labute approximate surface area is 179 Å². The van der Waals surface area contributed by atoms with E-state index in [1.165, 1.54) is 29.6 Å². The molecule has 168 valence electrons. The third kappa shape index (κ3) is 5.03. The number of aryl methyl sites for hydroxylation is 2. The van der Waals surface area contributed by atoms with Gasteiger partial charge in [0.1, 0.15) is 17.1 Å². The second-order valence-electron chi connectivity index (χ2n) is 6.70. The Bertz CT molecular complexity index is 1050. The number of aromatic nitrogens is 1. The molecule has 1 fully saturated rings. The third-order valence-electron chi connectivity index (χ3n) is 4.62. The molecule has 2 aromatic rings. The number of carbonyl (C=O) groups excluding carboxylic acids is 2. The highest BCUT2D eigenvalue weighted by molar-refractivity contribution is 7.89. The lowest BCUT2D eigenvalue weighted by Gasteiger charge is -2.26. The lowest BCUT2D eigenvalue weighted by atomic mass is 10.2. The van der Waals surface area contributed by atoms with Gasteiger partial charge in [-0.2, -0.15) is 4.31 Å². The average Bonchev–Trinajstić information content (AvgIpc) is 3.10. The first-order valence-electron chi connectivity index (χ1n) is 9.40. The highest BCUT2D eigenvalue weighted by Gasteiger charge is 2.27. The molecular weight excluding hydrogens is 430 g/mol. The molecule has 31 heavy (non-hydrogen) atoms. The Hall–Kier alpha value is -2.96. The van der Waals surface area contributed by atoms with Crippen LogP contribution >= 0.6 is 0 Å². The molecule has 1 aliphatic rings. The molecule has 0 radical (unpaired) electrons. The lowest BCUT2D eigenvalue weighted by Crippen LogP contribution is -2.40. The number of rotatable bonds is 7. The molecule has 1 N–H and O–H groups in total. The van der Waals surface area contributed by atoms with Crippen molar-refractivity contribution in [2.24, 2.45) is 0 Å². The smallest absolute Gasteiger partial charge is 0.344 e. The minimum absolute atomic E-state index is 0.00165. The van der Waals surface area contributed by atoms with E-state index in [1.807, 2.05) is 0 Å². The van der Waals surface area contributed by atoms with Crippen LogP contribution in [-0.4, -0.2) is 69.8 Å². The number of ether oxygens (including phenoxy) is 3. The molecule has 12 heteroatoms. The summed E-state index contributed by atoms with van der Waals surface area (Å²) in [5.41, 5.74) is 0.643. The number of sulfonamides is 1. The number of hydrogen-bond donors (Lipinski definition) is 1. The zero-order chi connectivity index (χ0) is 22.6. The van der Waals surface area contributed by atoms with Gasteiger partial charge in [0.25, 0.3) is 5.91 Å². The number of hydrogen-bond acceptors (Lipinski definition) is 9. The molecule has 1 amide bonds. The van der Waals surface area contributed by atoms with Crippen LogP contribution in [0.25, 0.3) is 0 Å². The summed E-state index contributed by atoms with van der Waals surface area (Å²) in [6.07, 6.45) is 0. The summed E-state index contributed by atoms with van der Waals surface area (Å²) in [7, 11) is -2.38. The molecule has 0 unspecified atom stereocenters. The zero-order valence-corrected chi connectivity index (χ0v) is 18.2. The van der Waals surface area contributed by atoms with E-state index in [0.717, 1.165) is 0 Å². The van der Waals surface area contributed by atoms with E-state index in [2.05, 4.69) is 10.5 Å².